The van der Waals surface area contributed by atoms with Crippen molar-refractivity contribution in [1.82, 2.24) is 0 Å². The molecule has 0 amide bonds. The Morgan fingerprint density at radius 1 is 1.36 bits per heavy atom. The second-order valence-corrected chi connectivity index (χ2v) is 3.70. The van der Waals surface area contributed by atoms with Gasteiger partial charge in [0.1, 0.15) is 0 Å². The minimum atomic E-state index is 0.150. The van der Waals surface area contributed by atoms with Gasteiger partial charge in [-0.05, 0) is 18.0 Å². The molecule has 0 bridgehead atoms. The molecule has 2 heteroatoms. The molecule has 1 rings (SSSR count). The normalized spacial score (nSPS) is 10.6. The molecule has 0 fully saturated rings. The number of nitrogens with two attached hydrogens (primary N) is 1. The molecular formula is C12H17NO. The highest BCUT2D eigenvalue weighted by Gasteiger charge is 2.11. The third kappa shape index (κ3) is 2.42. The predicted molar refractivity (Wildman–Crippen MR) is 58.5 cm³/mol. The van der Waals surface area contributed by atoms with Crippen LogP contribution >= 0.6 is 0 Å². The highest BCUT2D eigenvalue weighted by molar-refractivity contribution is 5.97. The molecule has 2 nitrogen and oxygen atoms in total. The number of carbonyl (C=O) groups excluding carboxylic acids is 1. The maximum atomic E-state index is 11.7. The van der Waals surface area contributed by atoms with E-state index in [1.54, 1.807) is 0 Å². The van der Waals surface area contributed by atoms with E-state index >= 15 is 0 Å². The first kappa shape index (κ1) is 10.9. The average Bonchev–Trinajstić information content (AvgIpc) is 2.18. The van der Waals surface area contributed by atoms with E-state index in [9.17, 15) is 4.79 Å². The van der Waals surface area contributed by atoms with E-state index in [0.29, 0.717) is 18.9 Å². The quantitative estimate of drug-likeness (QED) is 0.742. The van der Waals surface area contributed by atoms with Gasteiger partial charge in [0.05, 0.1) is 0 Å². The van der Waals surface area contributed by atoms with E-state index in [0.717, 1.165) is 11.1 Å². The maximum Gasteiger partial charge on any atom is 0.164 e. The van der Waals surface area contributed by atoms with E-state index in [1.807, 2.05) is 24.3 Å². The van der Waals surface area contributed by atoms with Crippen molar-refractivity contribution >= 4 is 5.78 Å². The minimum Gasteiger partial charge on any atom is -0.330 e. The SMILES string of the molecule is CC(C)c1ccccc1C(=O)CCN. The minimum absolute atomic E-state index is 0.150. The van der Waals surface area contributed by atoms with Crippen molar-refractivity contribution < 1.29 is 4.79 Å². The third-order valence-corrected chi connectivity index (χ3v) is 2.25. The number of rotatable bonds is 4. The molecule has 0 aromatic heterocycles. The standard InChI is InChI=1S/C12H17NO/c1-9(2)10-5-3-4-6-11(10)12(14)7-8-13/h3-6,9H,7-8,13H2,1-2H3. The molecule has 76 valence electrons. The number of hydrogen-bond donors (Lipinski definition) is 1. The van der Waals surface area contributed by atoms with Gasteiger partial charge in [0.2, 0.25) is 0 Å². The monoisotopic (exact) mass is 191 g/mol. The number of benzene rings is 1. The first-order valence-electron chi connectivity index (χ1n) is 4.99. The van der Waals surface area contributed by atoms with Crippen LogP contribution in [0.15, 0.2) is 24.3 Å². The van der Waals surface area contributed by atoms with Crippen LogP contribution in [0.2, 0.25) is 0 Å². The second-order valence-electron chi connectivity index (χ2n) is 3.70. The third-order valence-electron chi connectivity index (χ3n) is 2.25. The van der Waals surface area contributed by atoms with Gasteiger partial charge in [-0.3, -0.25) is 4.79 Å². The molecular weight excluding hydrogens is 174 g/mol. The van der Waals surface area contributed by atoms with Crippen molar-refractivity contribution in [3.05, 3.63) is 35.4 Å². The largest absolute Gasteiger partial charge is 0.330 e. The van der Waals surface area contributed by atoms with Crippen molar-refractivity contribution in [3.63, 3.8) is 0 Å². The summed E-state index contributed by atoms with van der Waals surface area (Å²) in [7, 11) is 0. The zero-order valence-corrected chi connectivity index (χ0v) is 8.79. The van der Waals surface area contributed by atoms with E-state index in [1.165, 1.54) is 0 Å². The molecule has 0 saturated heterocycles. The predicted octanol–water partition coefficient (Wildman–Crippen LogP) is 2.34. The van der Waals surface area contributed by atoms with Gasteiger partial charge in [0.15, 0.2) is 5.78 Å². The molecule has 0 aliphatic carbocycles. The summed E-state index contributed by atoms with van der Waals surface area (Å²) in [6.07, 6.45) is 0.434. The van der Waals surface area contributed by atoms with E-state index in [2.05, 4.69) is 13.8 Å². The fourth-order valence-corrected chi connectivity index (χ4v) is 1.52. The Balaban J connectivity index is 3.00. The van der Waals surface area contributed by atoms with Gasteiger partial charge in [-0.25, -0.2) is 0 Å². The zero-order valence-electron chi connectivity index (χ0n) is 8.79. The van der Waals surface area contributed by atoms with Gasteiger partial charge in [0, 0.05) is 12.0 Å². The molecule has 0 atom stereocenters. The lowest BCUT2D eigenvalue weighted by molar-refractivity contribution is 0.0984. The van der Waals surface area contributed by atoms with Crippen molar-refractivity contribution in [2.45, 2.75) is 26.2 Å². The fourth-order valence-electron chi connectivity index (χ4n) is 1.52. The summed E-state index contributed by atoms with van der Waals surface area (Å²) >= 11 is 0. The highest BCUT2D eigenvalue weighted by Crippen LogP contribution is 2.20. The summed E-state index contributed by atoms with van der Waals surface area (Å²) in [5, 5.41) is 0. The lowest BCUT2D eigenvalue weighted by Crippen LogP contribution is -2.10. The van der Waals surface area contributed by atoms with Gasteiger partial charge in [-0.15, -0.1) is 0 Å². The van der Waals surface area contributed by atoms with Crippen LogP contribution in [-0.2, 0) is 0 Å². The van der Waals surface area contributed by atoms with Gasteiger partial charge < -0.3 is 5.73 Å². The number of Topliss-reactive ketones (excluding diaryl/α,β-unsaturated/α-hetero) is 1. The Hall–Kier alpha value is -1.15. The molecule has 0 aliphatic heterocycles. The molecule has 0 saturated carbocycles. The van der Waals surface area contributed by atoms with Crippen molar-refractivity contribution in [2.75, 3.05) is 6.54 Å². The average molecular weight is 191 g/mol. The van der Waals surface area contributed by atoms with Gasteiger partial charge >= 0.3 is 0 Å². The van der Waals surface area contributed by atoms with Crippen LogP contribution in [0, 0.1) is 0 Å². The maximum absolute atomic E-state index is 11.7. The summed E-state index contributed by atoms with van der Waals surface area (Å²) in [6, 6.07) is 7.76. The van der Waals surface area contributed by atoms with Crippen molar-refractivity contribution in [3.8, 4) is 0 Å². The first-order chi connectivity index (χ1) is 6.66. The molecule has 14 heavy (non-hydrogen) atoms. The van der Waals surface area contributed by atoms with Gasteiger partial charge in [-0.2, -0.15) is 0 Å². The van der Waals surface area contributed by atoms with Crippen LogP contribution in [0.4, 0.5) is 0 Å². The fraction of sp³-hybridized carbons (Fsp3) is 0.417. The second kappa shape index (κ2) is 4.91. The molecule has 2 N–H and O–H groups in total. The van der Waals surface area contributed by atoms with E-state index in [-0.39, 0.29) is 5.78 Å². The van der Waals surface area contributed by atoms with Crippen LogP contribution in [0.25, 0.3) is 0 Å². The number of ketones is 1. The Kier molecular flexibility index (Phi) is 3.84. The van der Waals surface area contributed by atoms with Crippen LogP contribution < -0.4 is 5.73 Å². The smallest absolute Gasteiger partial charge is 0.164 e. The van der Waals surface area contributed by atoms with Crippen LogP contribution in [0.1, 0.15) is 42.1 Å². The summed E-state index contributed by atoms with van der Waals surface area (Å²) in [5.41, 5.74) is 7.32. The lowest BCUT2D eigenvalue weighted by Gasteiger charge is -2.10. The Morgan fingerprint density at radius 3 is 2.57 bits per heavy atom. The van der Waals surface area contributed by atoms with E-state index in [4.69, 9.17) is 5.73 Å². The zero-order chi connectivity index (χ0) is 10.6. The summed E-state index contributed by atoms with van der Waals surface area (Å²) in [6.45, 7) is 4.61. The highest BCUT2D eigenvalue weighted by atomic mass is 16.1. The molecule has 0 aliphatic rings. The summed E-state index contributed by atoms with van der Waals surface area (Å²) in [4.78, 5) is 11.7. The lowest BCUT2D eigenvalue weighted by atomic mass is 9.94. The molecule has 1 aromatic carbocycles. The number of hydrogen-bond acceptors (Lipinski definition) is 2. The summed E-state index contributed by atoms with van der Waals surface area (Å²) in [5.74, 6) is 0.532. The Morgan fingerprint density at radius 2 is 2.00 bits per heavy atom. The van der Waals surface area contributed by atoms with Gasteiger partial charge in [0.25, 0.3) is 0 Å². The van der Waals surface area contributed by atoms with Crippen molar-refractivity contribution in [1.29, 1.82) is 0 Å². The van der Waals surface area contributed by atoms with Crippen LogP contribution in [0.3, 0.4) is 0 Å². The van der Waals surface area contributed by atoms with Crippen LogP contribution in [-0.4, -0.2) is 12.3 Å². The van der Waals surface area contributed by atoms with Crippen molar-refractivity contribution in [2.24, 2.45) is 5.73 Å². The Bertz CT molecular complexity index is 318. The first-order valence-corrected chi connectivity index (χ1v) is 4.99. The summed E-state index contributed by atoms with van der Waals surface area (Å²) < 4.78 is 0. The Labute approximate surface area is 85.1 Å². The molecule has 0 unspecified atom stereocenters. The van der Waals surface area contributed by atoms with Crippen LogP contribution in [0.5, 0.6) is 0 Å². The molecule has 1 aromatic rings. The molecule has 0 heterocycles. The topological polar surface area (TPSA) is 43.1 Å². The van der Waals surface area contributed by atoms with E-state index < -0.39 is 0 Å². The number of carbonyl (C=O) groups is 1. The molecule has 0 spiro atoms. The molecule has 0 radical (unpaired) electrons. The van der Waals surface area contributed by atoms with Gasteiger partial charge in [-0.1, -0.05) is 38.1 Å².